The van der Waals surface area contributed by atoms with E-state index in [1.54, 1.807) is 23.0 Å². The number of carbonyl (C=O) groups is 1. The second-order valence-electron chi connectivity index (χ2n) is 3.19. The molecule has 0 amide bonds. The number of nitrogens with zero attached hydrogens (tertiary/aromatic N) is 2. The van der Waals surface area contributed by atoms with E-state index in [4.69, 9.17) is 0 Å². The lowest BCUT2D eigenvalue weighted by atomic mass is 10.2. The first-order valence-electron chi connectivity index (χ1n) is 6.49. The van der Waals surface area contributed by atoms with Gasteiger partial charge >= 0.3 is 0 Å². The van der Waals surface area contributed by atoms with Gasteiger partial charge in [0.2, 0.25) is 0 Å². The first kappa shape index (κ1) is 17.0. The largest absolute Gasteiger partial charge is 0.324 e. The van der Waals surface area contributed by atoms with Crippen LogP contribution in [0.25, 0.3) is 0 Å². The van der Waals surface area contributed by atoms with Crippen molar-refractivity contribution in [1.29, 1.82) is 0 Å². The van der Waals surface area contributed by atoms with Gasteiger partial charge in [-0.15, -0.1) is 0 Å². The minimum atomic E-state index is -0.278. The molecular weight excluding hydrogens is 243 g/mol. The molecule has 19 heavy (non-hydrogen) atoms. The van der Waals surface area contributed by atoms with Gasteiger partial charge in [-0.1, -0.05) is 39.8 Å². The Balaban J connectivity index is 0.000000741. The van der Waals surface area contributed by atoms with Crippen LogP contribution < -0.4 is 0 Å². The smallest absolute Gasteiger partial charge is 0.168 e. The zero-order valence-corrected chi connectivity index (χ0v) is 11.9. The molecule has 0 saturated heterocycles. The first-order valence-corrected chi connectivity index (χ1v) is 6.49. The van der Waals surface area contributed by atoms with Crippen LogP contribution in [0, 0.1) is 5.82 Å². The van der Waals surface area contributed by atoms with Crippen molar-refractivity contribution in [2.45, 2.75) is 34.2 Å². The molecule has 104 valence electrons. The molecule has 4 heteroatoms. The first-order chi connectivity index (χ1) is 9.29. The summed E-state index contributed by atoms with van der Waals surface area (Å²) in [5.41, 5.74) is 1.29. The molecule has 2 rings (SSSR count). The highest BCUT2D eigenvalue weighted by molar-refractivity contribution is 5.71. The van der Waals surface area contributed by atoms with E-state index in [0.717, 1.165) is 11.8 Å². The van der Waals surface area contributed by atoms with Gasteiger partial charge in [0.1, 0.15) is 11.5 Å². The van der Waals surface area contributed by atoms with Gasteiger partial charge in [0.25, 0.3) is 0 Å². The molecule has 2 aromatic rings. The molecule has 3 nitrogen and oxygen atoms in total. The van der Waals surface area contributed by atoms with Crippen LogP contribution in [-0.4, -0.2) is 15.8 Å². The van der Waals surface area contributed by atoms with E-state index in [2.05, 4.69) is 4.98 Å². The third-order valence-electron chi connectivity index (χ3n) is 2.11. The lowest BCUT2D eigenvalue weighted by Crippen LogP contribution is -2.02. The Bertz CT molecular complexity index is 481. The molecule has 0 N–H and O–H groups in total. The predicted molar refractivity (Wildman–Crippen MR) is 75.8 cm³/mol. The van der Waals surface area contributed by atoms with Gasteiger partial charge < -0.3 is 4.57 Å². The molecule has 0 atom stereocenters. The molecule has 0 radical (unpaired) electrons. The van der Waals surface area contributed by atoms with Crippen molar-refractivity contribution in [2.75, 3.05) is 0 Å². The molecule has 0 aliphatic rings. The van der Waals surface area contributed by atoms with E-state index >= 15 is 0 Å². The second-order valence-corrected chi connectivity index (χ2v) is 3.19. The summed E-state index contributed by atoms with van der Waals surface area (Å²) < 4.78 is 14.6. The summed E-state index contributed by atoms with van der Waals surface area (Å²) in [6.07, 6.45) is 3.76. The van der Waals surface area contributed by atoms with E-state index in [9.17, 15) is 9.18 Å². The van der Waals surface area contributed by atoms with Gasteiger partial charge in [0.15, 0.2) is 6.29 Å². The molecule has 0 bridgehead atoms. The van der Waals surface area contributed by atoms with Crippen molar-refractivity contribution in [1.82, 2.24) is 9.55 Å². The minimum Gasteiger partial charge on any atom is -0.324 e. The third kappa shape index (κ3) is 5.46. The fourth-order valence-electron chi connectivity index (χ4n) is 1.39. The molecule has 0 spiro atoms. The maximum Gasteiger partial charge on any atom is 0.168 e. The number of benzene rings is 1. The summed E-state index contributed by atoms with van der Waals surface area (Å²) >= 11 is 0. The second kappa shape index (κ2) is 10.00. The van der Waals surface area contributed by atoms with Gasteiger partial charge in [-0.2, -0.15) is 0 Å². The molecular formula is C15H21FN2O. The van der Waals surface area contributed by atoms with Crippen molar-refractivity contribution < 1.29 is 9.18 Å². The highest BCUT2D eigenvalue weighted by Gasteiger charge is 2.01. The highest BCUT2D eigenvalue weighted by Crippen LogP contribution is 2.07. The quantitative estimate of drug-likeness (QED) is 0.787. The summed E-state index contributed by atoms with van der Waals surface area (Å²) in [5.74, 6) is -0.278. The van der Waals surface area contributed by atoms with E-state index in [-0.39, 0.29) is 5.82 Å². The Morgan fingerprint density at radius 3 is 2.53 bits per heavy atom. The van der Waals surface area contributed by atoms with E-state index < -0.39 is 0 Å². The summed E-state index contributed by atoms with van der Waals surface area (Å²) in [6.45, 7) is 8.45. The van der Waals surface area contributed by atoms with E-state index in [0.29, 0.717) is 12.2 Å². The van der Waals surface area contributed by atoms with Crippen molar-refractivity contribution >= 4 is 6.29 Å². The zero-order valence-electron chi connectivity index (χ0n) is 11.9. The van der Waals surface area contributed by atoms with Crippen molar-refractivity contribution in [3.8, 4) is 0 Å². The van der Waals surface area contributed by atoms with Crippen LogP contribution >= 0.6 is 0 Å². The van der Waals surface area contributed by atoms with Crippen LogP contribution in [0.15, 0.2) is 36.8 Å². The van der Waals surface area contributed by atoms with Crippen molar-refractivity contribution in [3.05, 3.63) is 53.9 Å². The molecule has 0 aliphatic carbocycles. The van der Waals surface area contributed by atoms with Gasteiger partial charge in [-0.05, 0) is 17.7 Å². The van der Waals surface area contributed by atoms with Crippen LogP contribution in [0.3, 0.4) is 0 Å². The lowest BCUT2D eigenvalue weighted by Gasteiger charge is -2.04. The number of hydrogen-bond acceptors (Lipinski definition) is 2. The number of hydrogen-bond donors (Lipinski definition) is 0. The average molecular weight is 264 g/mol. The normalized spacial score (nSPS) is 8.68. The highest BCUT2D eigenvalue weighted by atomic mass is 19.1. The van der Waals surface area contributed by atoms with Crippen LogP contribution in [0.4, 0.5) is 4.39 Å². The van der Waals surface area contributed by atoms with Crippen LogP contribution in [0.5, 0.6) is 0 Å². The Morgan fingerprint density at radius 1 is 1.26 bits per heavy atom. The number of halogens is 1. The molecule has 0 unspecified atom stereocenters. The topological polar surface area (TPSA) is 34.9 Å². The maximum absolute atomic E-state index is 12.9. The van der Waals surface area contributed by atoms with Crippen molar-refractivity contribution in [3.63, 3.8) is 0 Å². The molecule has 0 saturated carbocycles. The third-order valence-corrected chi connectivity index (χ3v) is 2.11. The molecule has 1 aromatic carbocycles. The van der Waals surface area contributed by atoms with Gasteiger partial charge in [0, 0.05) is 6.54 Å². The fraction of sp³-hybridized carbons (Fsp3) is 0.333. The molecule has 0 fully saturated rings. The van der Waals surface area contributed by atoms with Crippen molar-refractivity contribution in [2.24, 2.45) is 0 Å². The van der Waals surface area contributed by atoms with Gasteiger partial charge in [-0.25, -0.2) is 9.37 Å². The summed E-state index contributed by atoms with van der Waals surface area (Å²) in [6, 6.07) is 6.27. The lowest BCUT2D eigenvalue weighted by molar-refractivity contribution is 0.111. The number of aromatic nitrogens is 2. The number of aldehydes is 1. The number of carbonyl (C=O) groups excluding carboxylic acids is 1. The molecule has 1 aromatic heterocycles. The van der Waals surface area contributed by atoms with Crippen LogP contribution in [-0.2, 0) is 6.54 Å². The predicted octanol–water partition coefficient (Wildman–Crippen LogP) is 3.94. The summed E-state index contributed by atoms with van der Waals surface area (Å²) in [7, 11) is 0. The SMILES string of the molecule is CC.CC.O=Cc1cncn1Cc1cccc(F)c1. The Hall–Kier alpha value is -1.97. The van der Waals surface area contributed by atoms with Gasteiger partial charge in [-0.3, -0.25) is 4.79 Å². The average Bonchev–Trinajstić information content (AvgIpc) is 2.90. The van der Waals surface area contributed by atoms with Gasteiger partial charge in [0.05, 0.1) is 12.5 Å². The monoisotopic (exact) mass is 264 g/mol. The number of rotatable bonds is 3. The zero-order chi connectivity index (χ0) is 14.7. The summed E-state index contributed by atoms with van der Waals surface area (Å²) in [4.78, 5) is 14.5. The molecule has 0 aliphatic heterocycles. The summed E-state index contributed by atoms with van der Waals surface area (Å²) in [5, 5.41) is 0. The Labute approximate surface area is 114 Å². The fourth-order valence-corrected chi connectivity index (χ4v) is 1.39. The Kier molecular flexibility index (Phi) is 8.96. The molecule has 1 heterocycles. The Morgan fingerprint density at radius 2 is 1.95 bits per heavy atom. The van der Waals surface area contributed by atoms with Crippen LogP contribution in [0.2, 0.25) is 0 Å². The minimum absolute atomic E-state index is 0.278. The standard InChI is InChI=1S/C11H9FN2O.2C2H6/c12-10-3-1-2-9(4-10)6-14-8-13-5-11(14)7-15;2*1-2/h1-5,7-8H,6H2;2*1-2H3. The van der Waals surface area contributed by atoms with E-state index in [1.807, 2.05) is 27.7 Å². The maximum atomic E-state index is 12.9. The number of imidazole rings is 1. The van der Waals surface area contributed by atoms with Crippen LogP contribution in [0.1, 0.15) is 43.7 Å². The van der Waals surface area contributed by atoms with E-state index in [1.165, 1.54) is 18.3 Å².